The third kappa shape index (κ3) is 1.66. The van der Waals surface area contributed by atoms with Gasteiger partial charge < -0.3 is 5.32 Å². The summed E-state index contributed by atoms with van der Waals surface area (Å²) in [5, 5.41) is 21.8. The van der Waals surface area contributed by atoms with E-state index in [1.807, 2.05) is 18.2 Å². The minimum absolute atomic E-state index is 0.475. The SMILES string of the molecule is N#Cc1ccccc1C1(C#N)CCNCC1. The van der Waals surface area contributed by atoms with Crippen LogP contribution in [-0.2, 0) is 5.41 Å². The number of hydrogen-bond acceptors (Lipinski definition) is 3. The number of nitriles is 2. The van der Waals surface area contributed by atoms with E-state index in [4.69, 9.17) is 5.26 Å². The van der Waals surface area contributed by atoms with Crippen LogP contribution in [0.2, 0.25) is 0 Å². The Balaban J connectivity index is 2.49. The monoisotopic (exact) mass is 211 g/mol. The number of benzene rings is 1. The third-order valence-corrected chi connectivity index (χ3v) is 3.23. The van der Waals surface area contributed by atoms with Crippen LogP contribution in [0.4, 0.5) is 0 Å². The lowest BCUT2D eigenvalue weighted by atomic mass is 9.73. The smallest absolute Gasteiger partial charge is 0.0995 e. The zero-order valence-electron chi connectivity index (χ0n) is 9.03. The normalized spacial score (nSPS) is 18.4. The van der Waals surface area contributed by atoms with Crippen molar-refractivity contribution < 1.29 is 0 Å². The van der Waals surface area contributed by atoms with E-state index in [0.29, 0.717) is 5.56 Å². The van der Waals surface area contributed by atoms with Gasteiger partial charge in [0.25, 0.3) is 0 Å². The molecule has 3 heteroatoms. The van der Waals surface area contributed by atoms with Crippen LogP contribution in [0.1, 0.15) is 24.0 Å². The van der Waals surface area contributed by atoms with Crippen molar-refractivity contribution in [1.82, 2.24) is 5.32 Å². The summed E-state index contributed by atoms with van der Waals surface area (Å²) >= 11 is 0. The molecule has 1 N–H and O–H groups in total. The fourth-order valence-electron chi connectivity index (χ4n) is 2.29. The first-order valence-corrected chi connectivity index (χ1v) is 5.44. The molecule has 0 aromatic heterocycles. The van der Waals surface area contributed by atoms with Crippen molar-refractivity contribution in [2.75, 3.05) is 13.1 Å². The van der Waals surface area contributed by atoms with Crippen molar-refractivity contribution in [3.8, 4) is 12.1 Å². The minimum Gasteiger partial charge on any atom is -0.317 e. The van der Waals surface area contributed by atoms with Gasteiger partial charge in [0.1, 0.15) is 0 Å². The van der Waals surface area contributed by atoms with E-state index in [1.54, 1.807) is 6.07 Å². The number of nitrogens with one attached hydrogen (secondary N) is 1. The van der Waals surface area contributed by atoms with Gasteiger partial charge in [-0.25, -0.2) is 0 Å². The van der Waals surface area contributed by atoms with Crippen LogP contribution in [0.15, 0.2) is 24.3 Å². The van der Waals surface area contributed by atoms with E-state index >= 15 is 0 Å². The Hall–Kier alpha value is -1.84. The van der Waals surface area contributed by atoms with Gasteiger partial charge in [0.2, 0.25) is 0 Å². The Morgan fingerprint density at radius 1 is 1.12 bits per heavy atom. The maximum atomic E-state index is 9.43. The molecule has 1 heterocycles. The molecule has 0 amide bonds. The number of hydrogen-bond donors (Lipinski definition) is 1. The fourth-order valence-corrected chi connectivity index (χ4v) is 2.29. The van der Waals surface area contributed by atoms with Crippen LogP contribution in [0.3, 0.4) is 0 Å². The van der Waals surface area contributed by atoms with Crippen molar-refractivity contribution in [1.29, 1.82) is 10.5 Å². The average Bonchev–Trinajstić information content (AvgIpc) is 2.39. The van der Waals surface area contributed by atoms with Gasteiger partial charge in [0, 0.05) is 0 Å². The summed E-state index contributed by atoms with van der Waals surface area (Å²) in [7, 11) is 0. The predicted molar refractivity (Wildman–Crippen MR) is 60.6 cm³/mol. The molecule has 0 bridgehead atoms. The lowest BCUT2D eigenvalue weighted by Gasteiger charge is -2.32. The average molecular weight is 211 g/mol. The van der Waals surface area contributed by atoms with Gasteiger partial charge in [0.15, 0.2) is 0 Å². The second-order valence-corrected chi connectivity index (χ2v) is 4.10. The molecule has 16 heavy (non-hydrogen) atoms. The molecule has 1 saturated heterocycles. The lowest BCUT2D eigenvalue weighted by molar-refractivity contribution is 0.382. The summed E-state index contributed by atoms with van der Waals surface area (Å²) in [6.45, 7) is 1.68. The third-order valence-electron chi connectivity index (χ3n) is 3.23. The van der Waals surface area contributed by atoms with Crippen LogP contribution in [0.25, 0.3) is 0 Å². The lowest BCUT2D eigenvalue weighted by Crippen LogP contribution is -2.39. The number of piperidine rings is 1. The maximum absolute atomic E-state index is 9.43. The Morgan fingerprint density at radius 3 is 2.44 bits per heavy atom. The molecule has 0 saturated carbocycles. The Kier molecular flexibility index (Phi) is 2.90. The van der Waals surface area contributed by atoms with E-state index in [-0.39, 0.29) is 0 Å². The van der Waals surface area contributed by atoms with Crippen LogP contribution >= 0.6 is 0 Å². The molecule has 0 atom stereocenters. The molecular formula is C13H13N3. The quantitative estimate of drug-likeness (QED) is 0.769. The van der Waals surface area contributed by atoms with Crippen LogP contribution < -0.4 is 5.32 Å². The molecule has 1 aliphatic heterocycles. The summed E-state index contributed by atoms with van der Waals surface area (Å²) < 4.78 is 0. The summed E-state index contributed by atoms with van der Waals surface area (Å²) in [6, 6.07) is 12.0. The first-order chi connectivity index (χ1) is 7.82. The standard InChI is InChI=1S/C13H13N3/c14-9-11-3-1-2-4-12(11)13(10-15)5-7-16-8-6-13/h1-4,16H,5-8H2. The second kappa shape index (κ2) is 4.35. The summed E-state index contributed by atoms with van der Waals surface area (Å²) in [4.78, 5) is 0. The molecular weight excluding hydrogens is 198 g/mol. The molecule has 0 radical (unpaired) electrons. The van der Waals surface area contributed by atoms with E-state index in [1.165, 1.54) is 0 Å². The molecule has 0 aliphatic carbocycles. The topological polar surface area (TPSA) is 59.6 Å². The molecule has 1 fully saturated rings. The molecule has 80 valence electrons. The van der Waals surface area contributed by atoms with Gasteiger partial charge >= 0.3 is 0 Å². The number of nitrogens with zero attached hydrogens (tertiary/aromatic N) is 2. The largest absolute Gasteiger partial charge is 0.317 e. The molecule has 1 aliphatic rings. The zero-order chi connectivity index (χ0) is 11.4. The van der Waals surface area contributed by atoms with Crippen molar-refractivity contribution >= 4 is 0 Å². The predicted octanol–water partition coefficient (Wildman–Crippen LogP) is 1.70. The van der Waals surface area contributed by atoms with Crippen molar-refractivity contribution in [2.45, 2.75) is 18.3 Å². The number of rotatable bonds is 1. The highest BCUT2D eigenvalue weighted by atomic mass is 14.9. The highest BCUT2D eigenvalue weighted by molar-refractivity contribution is 5.46. The molecule has 0 spiro atoms. The first-order valence-electron chi connectivity index (χ1n) is 5.44. The fraction of sp³-hybridized carbons (Fsp3) is 0.385. The molecule has 1 aromatic rings. The van der Waals surface area contributed by atoms with Gasteiger partial charge in [-0.1, -0.05) is 18.2 Å². The molecule has 0 unspecified atom stereocenters. The van der Waals surface area contributed by atoms with E-state index in [9.17, 15) is 5.26 Å². The van der Waals surface area contributed by atoms with Crippen LogP contribution in [0.5, 0.6) is 0 Å². The van der Waals surface area contributed by atoms with E-state index in [2.05, 4.69) is 17.5 Å². The highest BCUT2D eigenvalue weighted by Gasteiger charge is 2.35. The first kappa shape index (κ1) is 10.7. The zero-order valence-corrected chi connectivity index (χ0v) is 9.03. The summed E-state index contributed by atoms with van der Waals surface area (Å²) in [5.41, 5.74) is 1.05. The molecule has 3 nitrogen and oxygen atoms in total. The highest BCUT2D eigenvalue weighted by Crippen LogP contribution is 2.34. The van der Waals surface area contributed by atoms with Gasteiger partial charge in [-0.15, -0.1) is 0 Å². The second-order valence-electron chi connectivity index (χ2n) is 4.10. The van der Waals surface area contributed by atoms with Gasteiger partial charge in [0.05, 0.1) is 23.1 Å². The maximum Gasteiger partial charge on any atom is 0.0995 e. The van der Waals surface area contributed by atoms with Crippen LogP contribution in [0, 0.1) is 22.7 Å². The Morgan fingerprint density at radius 2 is 1.81 bits per heavy atom. The van der Waals surface area contributed by atoms with Crippen molar-refractivity contribution in [3.05, 3.63) is 35.4 Å². The minimum atomic E-state index is -0.475. The van der Waals surface area contributed by atoms with Gasteiger partial charge in [-0.3, -0.25) is 0 Å². The van der Waals surface area contributed by atoms with Crippen LogP contribution in [-0.4, -0.2) is 13.1 Å². The van der Waals surface area contributed by atoms with Gasteiger partial charge in [-0.2, -0.15) is 10.5 Å². The molecule has 2 rings (SSSR count). The summed E-state index contributed by atoms with van der Waals surface area (Å²) in [6.07, 6.45) is 1.56. The van der Waals surface area contributed by atoms with Crippen molar-refractivity contribution in [2.24, 2.45) is 0 Å². The van der Waals surface area contributed by atoms with E-state index < -0.39 is 5.41 Å². The van der Waals surface area contributed by atoms with E-state index in [0.717, 1.165) is 31.5 Å². The summed E-state index contributed by atoms with van der Waals surface area (Å²) in [5.74, 6) is 0. The Bertz CT molecular complexity index is 459. The Labute approximate surface area is 95.3 Å². The van der Waals surface area contributed by atoms with Crippen molar-refractivity contribution in [3.63, 3.8) is 0 Å². The van der Waals surface area contributed by atoms with Gasteiger partial charge in [-0.05, 0) is 37.6 Å². The molecule has 1 aromatic carbocycles.